The Balaban J connectivity index is 2.36. The monoisotopic (exact) mass is 196 g/mol. The number of benzene rings is 1. The maximum Gasteiger partial charge on any atom is 0.156 e. The quantitative estimate of drug-likeness (QED) is 0.647. The molecular formula is C11H8N4. The lowest BCUT2D eigenvalue weighted by Gasteiger charge is -2.01. The fourth-order valence-electron chi connectivity index (χ4n) is 1.65. The first-order valence-electron chi connectivity index (χ1n) is 4.64. The van der Waals surface area contributed by atoms with Gasteiger partial charge >= 0.3 is 0 Å². The van der Waals surface area contributed by atoms with Crippen LogP contribution in [-0.4, -0.2) is 20.2 Å². The molecule has 4 heteroatoms. The molecule has 0 aliphatic carbocycles. The van der Waals surface area contributed by atoms with E-state index in [-0.39, 0.29) is 0 Å². The molecule has 0 unspecified atom stereocenters. The number of aromatic amines is 1. The molecule has 0 saturated carbocycles. The van der Waals surface area contributed by atoms with Gasteiger partial charge < -0.3 is 0 Å². The van der Waals surface area contributed by atoms with Crippen LogP contribution in [0.4, 0.5) is 0 Å². The maximum atomic E-state index is 4.29. The summed E-state index contributed by atoms with van der Waals surface area (Å²) in [5.41, 5.74) is 1.99. The highest BCUT2D eigenvalue weighted by Gasteiger charge is 2.05. The molecule has 0 saturated heterocycles. The van der Waals surface area contributed by atoms with Gasteiger partial charge in [-0.25, -0.2) is 4.98 Å². The van der Waals surface area contributed by atoms with E-state index in [0.29, 0.717) is 0 Å². The van der Waals surface area contributed by atoms with Crippen LogP contribution in [0.1, 0.15) is 0 Å². The highest BCUT2D eigenvalue weighted by molar-refractivity contribution is 5.92. The second kappa shape index (κ2) is 3.16. The maximum absolute atomic E-state index is 4.29. The van der Waals surface area contributed by atoms with Gasteiger partial charge in [-0.05, 0) is 12.1 Å². The molecule has 0 spiro atoms. The van der Waals surface area contributed by atoms with E-state index in [1.165, 1.54) is 6.33 Å². The lowest BCUT2D eigenvalue weighted by molar-refractivity contribution is 1.10. The Labute approximate surface area is 86.0 Å². The molecular weight excluding hydrogens is 188 g/mol. The van der Waals surface area contributed by atoms with Crippen molar-refractivity contribution in [3.63, 3.8) is 0 Å². The number of hydrogen-bond donors (Lipinski definition) is 1. The number of H-pyrrole nitrogens is 1. The Kier molecular flexibility index (Phi) is 1.71. The van der Waals surface area contributed by atoms with Gasteiger partial charge in [0.25, 0.3) is 0 Å². The number of aromatic nitrogens is 4. The molecule has 4 nitrogen and oxygen atoms in total. The summed E-state index contributed by atoms with van der Waals surface area (Å²) in [4.78, 5) is 8.43. The van der Waals surface area contributed by atoms with Crippen LogP contribution in [0.2, 0.25) is 0 Å². The number of nitrogens with one attached hydrogen (secondary N) is 1. The van der Waals surface area contributed by atoms with Crippen LogP contribution in [0.5, 0.6) is 0 Å². The largest absolute Gasteiger partial charge is 0.259 e. The number of hydrogen-bond acceptors (Lipinski definition) is 3. The summed E-state index contributed by atoms with van der Waals surface area (Å²) in [6.07, 6.45) is 3.29. The Hall–Kier alpha value is -2.23. The van der Waals surface area contributed by atoms with E-state index in [1.807, 2.05) is 30.3 Å². The second-order valence-corrected chi connectivity index (χ2v) is 3.21. The smallest absolute Gasteiger partial charge is 0.156 e. The summed E-state index contributed by atoms with van der Waals surface area (Å²) in [5.74, 6) is 0.772. The molecule has 2 aromatic heterocycles. The van der Waals surface area contributed by atoms with E-state index in [0.717, 1.165) is 22.3 Å². The third-order valence-electron chi connectivity index (χ3n) is 2.32. The minimum Gasteiger partial charge on any atom is -0.259 e. The van der Waals surface area contributed by atoms with E-state index in [2.05, 4.69) is 20.2 Å². The van der Waals surface area contributed by atoms with Crippen molar-refractivity contribution in [2.24, 2.45) is 0 Å². The molecule has 1 N–H and O–H groups in total. The summed E-state index contributed by atoms with van der Waals surface area (Å²) in [6, 6.07) is 9.90. The van der Waals surface area contributed by atoms with Crippen LogP contribution in [0, 0.1) is 0 Å². The van der Waals surface area contributed by atoms with Gasteiger partial charge in [0, 0.05) is 17.1 Å². The van der Waals surface area contributed by atoms with E-state index in [9.17, 15) is 0 Å². The normalized spacial score (nSPS) is 10.7. The van der Waals surface area contributed by atoms with Crippen LogP contribution in [0.15, 0.2) is 42.9 Å². The number of nitrogens with zero attached hydrogens (tertiary/aromatic N) is 3. The standard InChI is InChI=1S/C11H8N4/c1-3-9(11-13-7-14-15-11)8-4-2-6-12-10(8)5-1/h1-7H,(H,13,14,15). The number of pyridine rings is 1. The molecule has 72 valence electrons. The van der Waals surface area contributed by atoms with Crippen molar-refractivity contribution in [2.45, 2.75) is 0 Å². The fraction of sp³-hybridized carbons (Fsp3) is 0. The molecule has 0 bridgehead atoms. The molecule has 2 heterocycles. The molecule has 0 amide bonds. The van der Waals surface area contributed by atoms with E-state index >= 15 is 0 Å². The van der Waals surface area contributed by atoms with Gasteiger partial charge in [0.15, 0.2) is 5.82 Å². The van der Waals surface area contributed by atoms with Crippen LogP contribution in [0.3, 0.4) is 0 Å². The van der Waals surface area contributed by atoms with Crippen molar-refractivity contribution < 1.29 is 0 Å². The molecule has 0 atom stereocenters. The predicted octanol–water partition coefficient (Wildman–Crippen LogP) is 2.02. The van der Waals surface area contributed by atoms with E-state index in [4.69, 9.17) is 0 Å². The Morgan fingerprint density at radius 3 is 2.87 bits per heavy atom. The Bertz CT molecular complexity index is 581. The molecule has 0 aliphatic heterocycles. The van der Waals surface area contributed by atoms with Crippen molar-refractivity contribution in [1.29, 1.82) is 0 Å². The first-order chi connectivity index (χ1) is 7.45. The number of fused-ring (bicyclic) bond motifs is 1. The highest BCUT2D eigenvalue weighted by atomic mass is 15.2. The molecule has 3 rings (SSSR count). The Morgan fingerprint density at radius 2 is 2.00 bits per heavy atom. The first-order valence-corrected chi connectivity index (χ1v) is 4.64. The third kappa shape index (κ3) is 1.27. The highest BCUT2D eigenvalue weighted by Crippen LogP contribution is 2.23. The van der Waals surface area contributed by atoms with Crippen molar-refractivity contribution >= 4 is 10.9 Å². The van der Waals surface area contributed by atoms with Crippen molar-refractivity contribution in [3.8, 4) is 11.4 Å². The average molecular weight is 196 g/mol. The van der Waals surface area contributed by atoms with Gasteiger partial charge in [0.1, 0.15) is 6.33 Å². The Morgan fingerprint density at radius 1 is 1.00 bits per heavy atom. The topological polar surface area (TPSA) is 54.5 Å². The first kappa shape index (κ1) is 8.11. The average Bonchev–Trinajstić information content (AvgIpc) is 2.82. The van der Waals surface area contributed by atoms with E-state index in [1.54, 1.807) is 6.20 Å². The summed E-state index contributed by atoms with van der Waals surface area (Å²) in [6.45, 7) is 0. The predicted molar refractivity (Wildman–Crippen MR) is 57.1 cm³/mol. The van der Waals surface area contributed by atoms with Gasteiger partial charge in [0.2, 0.25) is 0 Å². The zero-order chi connectivity index (χ0) is 10.1. The zero-order valence-corrected chi connectivity index (χ0v) is 7.88. The lowest BCUT2D eigenvalue weighted by Crippen LogP contribution is -1.85. The minimum absolute atomic E-state index is 0.772. The van der Waals surface area contributed by atoms with Crippen LogP contribution in [0.25, 0.3) is 22.3 Å². The van der Waals surface area contributed by atoms with Gasteiger partial charge in [-0.15, -0.1) is 0 Å². The molecule has 3 aromatic rings. The van der Waals surface area contributed by atoms with Crippen LogP contribution < -0.4 is 0 Å². The van der Waals surface area contributed by atoms with Crippen LogP contribution >= 0.6 is 0 Å². The van der Waals surface area contributed by atoms with Crippen molar-refractivity contribution in [1.82, 2.24) is 20.2 Å². The number of rotatable bonds is 1. The molecule has 0 fully saturated rings. The lowest BCUT2D eigenvalue weighted by atomic mass is 10.1. The van der Waals surface area contributed by atoms with E-state index < -0.39 is 0 Å². The summed E-state index contributed by atoms with van der Waals surface area (Å²) in [5, 5.41) is 7.79. The molecule has 0 aliphatic rings. The van der Waals surface area contributed by atoms with Crippen LogP contribution in [-0.2, 0) is 0 Å². The summed E-state index contributed by atoms with van der Waals surface area (Å²) < 4.78 is 0. The van der Waals surface area contributed by atoms with Crippen molar-refractivity contribution in [2.75, 3.05) is 0 Å². The summed E-state index contributed by atoms with van der Waals surface area (Å²) >= 11 is 0. The fourth-order valence-corrected chi connectivity index (χ4v) is 1.65. The van der Waals surface area contributed by atoms with Gasteiger partial charge in [0.05, 0.1) is 5.52 Å². The SMILES string of the molecule is c1cc(-c2ncn[nH]2)c2cccnc2c1. The second-order valence-electron chi connectivity index (χ2n) is 3.21. The zero-order valence-electron chi connectivity index (χ0n) is 7.88. The molecule has 1 aromatic carbocycles. The molecule has 0 radical (unpaired) electrons. The van der Waals surface area contributed by atoms with Gasteiger partial charge in [-0.2, -0.15) is 5.10 Å². The van der Waals surface area contributed by atoms with Gasteiger partial charge in [-0.3, -0.25) is 10.1 Å². The molecule has 15 heavy (non-hydrogen) atoms. The minimum atomic E-state index is 0.772. The van der Waals surface area contributed by atoms with Crippen molar-refractivity contribution in [3.05, 3.63) is 42.9 Å². The van der Waals surface area contributed by atoms with Gasteiger partial charge in [-0.1, -0.05) is 18.2 Å². The summed E-state index contributed by atoms with van der Waals surface area (Å²) in [7, 11) is 0. The third-order valence-corrected chi connectivity index (χ3v) is 2.32.